The molecule has 0 aliphatic rings. The summed E-state index contributed by atoms with van der Waals surface area (Å²) in [5, 5.41) is 19.5. The molecule has 0 aliphatic heterocycles. The summed E-state index contributed by atoms with van der Waals surface area (Å²) < 4.78 is 9.22. The number of carboxylic acid groups (broad SMARTS) is 1. The fourth-order valence-corrected chi connectivity index (χ4v) is 3.05. The van der Waals surface area contributed by atoms with Crippen LogP contribution in [0.15, 0.2) is 18.6 Å². The van der Waals surface area contributed by atoms with Gasteiger partial charge in [-0.05, 0) is 19.3 Å². The Morgan fingerprint density at radius 2 is 2.00 bits per heavy atom. The monoisotopic (exact) mass is 368 g/mol. The van der Waals surface area contributed by atoms with Crippen molar-refractivity contribution in [3.05, 3.63) is 24.2 Å². The number of carboxylic acids is 1. The van der Waals surface area contributed by atoms with Crippen molar-refractivity contribution in [3.8, 4) is 5.88 Å². The van der Waals surface area contributed by atoms with Crippen LogP contribution in [0.1, 0.15) is 37.6 Å². The zero-order chi connectivity index (χ0) is 19.1. The third kappa shape index (κ3) is 2.75. The average Bonchev–Trinajstić information content (AvgIpc) is 3.24. The Labute approximate surface area is 154 Å². The van der Waals surface area contributed by atoms with Gasteiger partial charge in [0.05, 0.1) is 35.3 Å². The molecule has 0 unspecified atom stereocenters. The van der Waals surface area contributed by atoms with E-state index in [0.29, 0.717) is 41.5 Å². The van der Waals surface area contributed by atoms with E-state index in [-0.39, 0.29) is 11.2 Å². The van der Waals surface area contributed by atoms with E-state index in [1.54, 1.807) is 17.1 Å². The lowest BCUT2D eigenvalue weighted by Crippen LogP contribution is -2.07. The van der Waals surface area contributed by atoms with Crippen LogP contribution in [-0.2, 0) is 6.54 Å². The number of hydrogen-bond acceptors (Lipinski definition) is 6. The van der Waals surface area contributed by atoms with E-state index in [2.05, 4.69) is 34.0 Å². The molecule has 0 amide bonds. The van der Waals surface area contributed by atoms with Crippen LogP contribution in [0, 0.1) is 5.92 Å². The highest BCUT2D eigenvalue weighted by atomic mass is 16.5. The summed E-state index contributed by atoms with van der Waals surface area (Å²) in [6.45, 7) is 7.37. The molecule has 0 spiro atoms. The molecule has 0 atom stereocenters. The summed E-state index contributed by atoms with van der Waals surface area (Å²) in [4.78, 5) is 20.5. The van der Waals surface area contributed by atoms with E-state index < -0.39 is 5.97 Å². The molecule has 0 saturated heterocycles. The first-order valence-corrected chi connectivity index (χ1v) is 8.89. The molecule has 0 saturated carbocycles. The zero-order valence-corrected chi connectivity index (χ0v) is 15.4. The molecule has 9 heteroatoms. The topological polar surface area (TPSA) is 107 Å². The number of hydrogen-bond donors (Lipinski definition) is 1. The first-order chi connectivity index (χ1) is 13.0. The van der Waals surface area contributed by atoms with Crippen molar-refractivity contribution in [1.29, 1.82) is 0 Å². The number of aryl methyl sites for hydroxylation is 1. The number of rotatable bonds is 6. The third-order valence-corrected chi connectivity index (χ3v) is 4.50. The van der Waals surface area contributed by atoms with Crippen LogP contribution in [0.3, 0.4) is 0 Å². The summed E-state index contributed by atoms with van der Waals surface area (Å²) in [5.41, 5.74) is 1.67. The van der Waals surface area contributed by atoms with Crippen LogP contribution in [0.25, 0.3) is 27.6 Å². The number of pyridine rings is 1. The van der Waals surface area contributed by atoms with Gasteiger partial charge >= 0.3 is 5.97 Å². The SMILES string of the molecule is CCn1ncc2c1ncc1c(OCCC(C)C)nc3c(C(=O)O)cnn3c12. The summed E-state index contributed by atoms with van der Waals surface area (Å²) in [7, 11) is 0. The van der Waals surface area contributed by atoms with Crippen molar-refractivity contribution in [2.24, 2.45) is 5.92 Å². The first kappa shape index (κ1) is 17.2. The molecule has 4 rings (SSSR count). The average molecular weight is 368 g/mol. The number of nitrogens with zero attached hydrogens (tertiary/aromatic N) is 6. The molecule has 4 aromatic heterocycles. The lowest BCUT2D eigenvalue weighted by atomic mass is 10.1. The van der Waals surface area contributed by atoms with Gasteiger partial charge in [-0.1, -0.05) is 13.8 Å². The third-order valence-electron chi connectivity index (χ3n) is 4.50. The molecule has 9 nitrogen and oxygen atoms in total. The molecule has 0 aliphatic carbocycles. The van der Waals surface area contributed by atoms with Crippen molar-refractivity contribution in [3.63, 3.8) is 0 Å². The molecule has 4 aromatic rings. The minimum atomic E-state index is -1.08. The van der Waals surface area contributed by atoms with E-state index in [1.807, 2.05) is 6.92 Å². The van der Waals surface area contributed by atoms with Crippen LogP contribution in [-0.4, -0.2) is 47.0 Å². The predicted molar refractivity (Wildman–Crippen MR) is 99.2 cm³/mol. The van der Waals surface area contributed by atoms with Gasteiger partial charge in [-0.3, -0.25) is 0 Å². The number of aromatic nitrogens is 6. The van der Waals surface area contributed by atoms with Crippen LogP contribution in [0.2, 0.25) is 0 Å². The summed E-state index contributed by atoms with van der Waals surface area (Å²) in [6, 6.07) is 0. The maximum absolute atomic E-state index is 11.6. The number of fused-ring (bicyclic) bond motifs is 5. The molecule has 27 heavy (non-hydrogen) atoms. The second-order valence-electron chi connectivity index (χ2n) is 6.76. The van der Waals surface area contributed by atoms with E-state index in [4.69, 9.17) is 4.74 Å². The predicted octanol–water partition coefficient (Wildman–Crippen LogP) is 2.77. The Hall–Kier alpha value is -3.23. The van der Waals surface area contributed by atoms with Gasteiger partial charge in [0.15, 0.2) is 11.3 Å². The lowest BCUT2D eigenvalue weighted by molar-refractivity contribution is 0.0698. The molecule has 0 aromatic carbocycles. The summed E-state index contributed by atoms with van der Waals surface area (Å²) >= 11 is 0. The maximum atomic E-state index is 11.6. The second kappa shape index (κ2) is 6.49. The minimum absolute atomic E-state index is 0.0263. The highest BCUT2D eigenvalue weighted by Gasteiger charge is 2.21. The van der Waals surface area contributed by atoms with Crippen molar-refractivity contribution >= 4 is 33.6 Å². The molecule has 0 radical (unpaired) electrons. The normalized spacial score (nSPS) is 11.9. The maximum Gasteiger partial charge on any atom is 0.341 e. The van der Waals surface area contributed by atoms with Gasteiger partial charge in [0.25, 0.3) is 0 Å². The quantitative estimate of drug-likeness (QED) is 0.557. The van der Waals surface area contributed by atoms with Crippen LogP contribution >= 0.6 is 0 Å². The number of aromatic carboxylic acids is 1. The van der Waals surface area contributed by atoms with E-state index >= 15 is 0 Å². The second-order valence-corrected chi connectivity index (χ2v) is 6.76. The Morgan fingerprint density at radius 1 is 1.19 bits per heavy atom. The molecule has 0 fully saturated rings. The molecule has 4 heterocycles. The minimum Gasteiger partial charge on any atom is -0.477 e. The fraction of sp³-hybridized carbons (Fsp3) is 0.389. The number of carbonyl (C=O) groups is 1. The van der Waals surface area contributed by atoms with Gasteiger partial charge < -0.3 is 9.84 Å². The highest BCUT2D eigenvalue weighted by Crippen LogP contribution is 2.31. The Morgan fingerprint density at radius 3 is 2.70 bits per heavy atom. The summed E-state index contributed by atoms with van der Waals surface area (Å²) in [5.74, 6) is -0.239. The van der Waals surface area contributed by atoms with E-state index in [0.717, 1.165) is 11.8 Å². The van der Waals surface area contributed by atoms with Gasteiger partial charge in [0.1, 0.15) is 5.56 Å². The molecule has 140 valence electrons. The van der Waals surface area contributed by atoms with Gasteiger partial charge in [-0.15, -0.1) is 0 Å². The van der Waals surface area contributed by atoms with E-state index in [9.17, 15) is 9.90 Å². The van der Waals surface area contributed by atoms with Crippen molar-refractivity contribution in [2.45, 2.75) is 33.7 Å². The van der Waals surface area contributed by atoms with Gasteiger partial charge in [-0.2, -0.15) is 15.2 Å². The van der Waals surface area contributed by atoms with Crippen molar-refractivity contribution in [2.75, 3.05) is 6.61 Å². The standard InChI is InChI=1S/C18H20N6O3/c1-4-23-15-11(8-20-23)14-12(7-19-15)17(27-6-5-10(2)3)22-16-13(18(25)26)9-21-24(14)16/h7-10H,4-6H2,1-3H3,(H,25,26). The Kier molecular flexibility index (Phi) is 4.14. The Balaban J connectivity index is 2.02. The van der Waals surface area contributed by atoms with Crippen LogP contribution in [0.4, 0.5) is 0 Å². The highest BCUT2D eigenvalue weighted by molar-refractivity contribution is 6.06. The molecular weight excluding hydrogens is 348 g/mol. The molecular formula is C18H20N6O3. The summed E-state index contributed by atoms with van der Waals surface area (Å²) in [6.07, 6.45) is 5.57. The Bertz CT molecular complexity index is 1160. The van der Waals surface area contributed by atoms with Crippen LogP contribution in [0.5, 0.6) is 5.88 Å². The lowest BCUT2D eigenvalue weighted by Gasteiger charge is -2.11. The van der Waals surface area contributed by atoms with E-state index in [1.165, 1.54) is 10.7 Å². The van der Waals surface area contributed by atoms with Gasteiger partial charge in [0, 0.05) is 12.7 Å². The molecule has 0 bridgehead atoms. The van der Waals surface area contributed by atoms with Gasteiger partial charge in [0.2, 0.25) is 5.88 Å². The van der Waals surface area contributed by atoms with Crippen molar-refractivity contribution < 1.29 is 14.6 Å². The largest absolute Gasteiger partial charge is 0.477 e. The fourth-order valence-electron chi connectivity index (χ4n) is 3.05. The van der Waals surface area contributed by atoms with Crippen LogP contribution < -0.4 is 4.74 Å². The smallest absolute Gasteiger partial charge is 0.341 e. The zero-order valence-electron chi connectivity index (χ0n) is 15.4. The molecule has 1 N–H and O–H groups in total. The van der Waals surface area contributed by atoms with Gasteiger partial charge in [-0.25, -0.2) is 19.0 Å². The number of ether oxygens (including phenoxy) is 1. The van der Waals surface area contributed by atoms with Crippen molar-refractivity contribution in [1.82, 2.24) is 29.4 Å². The first-order valence-electron chi connectivity index (χ1n) is 8.89.